The summed E-state index contributed by atoms with van der Waals surface area (Å²) >= 11 is 5.99. The SMILES string of the molecule is CCOc1c(Cl)c(F)cc2c(N[C@H]3CN4CCC3CC4)noc12. The Kier molecular flexibility index (Phi) is 3.81. The summed E-state index contributed by atoms with van der Waals surface area (Å²) < 4.78 is 24.9. The van der Waals surface area contributed by atoms with E-state index in [1.165, 1.54) is 32.0 Å². The van der Waals surface area contributed by atoms with Crippen LogP contribution in [0.25, 0.3) is 11.0 Å². The Bertz CT molecular complexity index is 728. The lowest BCUT2D eigenvalue weighted by molar-refractivity contribution is 0.0973. The minimum Gasteiger partial charge on any atom is -0.488 e. The first-order valence-corrected chi connectivity index (χ1v) is 8.44. The Morgan fingerprint density at radius 2 is 2.26 bits per heavy atom. The lowest BCUT2D eigenvalue weighted by atomic mass is 9.84. The van der Waals surface area contributed by atoms with Crippen LogP contribution in [0.15, 0.2) is 10.6 Å². The van der Waals surface area contributed by atoms with Gasteiger partial charge in [-0.1, -0.05) is 16.8 Å². The number of fused-ring (bicyclic) bond motifs is 4. The monoisotopic (exact) mass is 339 g/mol. The summed E-state index contributed by atoms with van der Waals surface area (Å²) in [4.78, 5) is 2.45. The van der Waals surface area contributed by atoms with E-state index < -0.39 is 5.82 Å². The lowest BCUT2D eigenvalue weighted by Gasteiger charge is -2.44. The average molecular weight is 340 g/mol. The number of rotatable bonds is 4. The summed E-state index contributed by atoms with van der Waals surface area (Å²) in [6.45, 7) is 5.52. The van der Waals surface area contributed by atoms with Gasteiger partial charge in [0.1, 0.15) is 10.8 Å². The highest BCUT2D eigenvalue weighted by atomic mass is 35.5. The van der Waals surface area contributed by atoms with E-state index in [0.717, 1.165) is 6.54 Å². The number of halogens is 2. The van der Waals surface area contributed by atoms with Gasteiger partial charge in [0.05, 0.1) is 12.0 Å². The molecule has 5 rings (SSSR count). The molecule has 23 heavy (non-hydrogen) atoms. The van der Waals surface area contributed by atoms with E-state index >= 15 is 0 Å². The molecule has 5 nitrogen and oxygen atoms in total. The molecule has 0 aliphatic carbocycles. The van der Waals surface area contributed by atoms with Gasteiger partial charge >= 0.3 is 0 Å². The molecule has 2 aromatic rings. The number of anilines is 1. The number of aromatic nitrogens is 1. The van der Waals surface area contributed by atoms with Crippen molar-refractivity contribution in [2.75, 3.05) is 31.6 Å². The molecule has 124 valence electrons. The highest BCUT2D eigenvalue weighted by Gasteiger charge is 2.35. The molecule has 0 radical (unpaired) electrons. The molecule has 2 bridgehead atoms. The molecular formula is C16H19ClFN3O2. The van der Waals surface area contributed by atoms with Gasteiger partial charge in [-0.25, -0.2) is 4.39 Å². The van der Waals surface area contributed by atoms with Crippen molar-refractivity contribution in [1.29, 1.82) is 0 Å². The minimum absolute atomic E-state index is 0.0649. The smallest absolute Gasteiger partial charge is 0.212 e. The van der Waals surface area contributed by atoms with Crippen molar-refractivity contribution >= 4 is 28.4 Å². The van der Waals surface area contributed by atoms with Gasteiger partial charge in [0.2, 0.25) is 5.58 Å². The number of hydrogen-bond donors (Lipinski definition) is 1. The van der Waals surface area contributed by atoms with Crippen molar-refractivity contribution in [2.24, 2.45) is 5.92 Å². The molecule has 7 heteroatoms. The van der Waals surface area contributed by atoms with Crippen LogP contribution in [0.5, 0.6) is 5.75 Å². The molecule has 3 aliphatic rings. The maximum Gasteiger partial charge on any atom is 0.212 e. The first kappa shape index (κ1) is 15.0. The van der Waals surface area contributed by atoms with Crippen molar-refractivity contribution in [3.63, 3.8) is 0 Å². The third kappa shape index (κ3) is 2.54. The first-order valence-electron chi connectivity index (χ1n) is 8.06. The number of nitrogens with zero attached hydrogens (tertiary/aromatic N) is 2. The highest BCUT2D eigenvalue weighted by molar-refractivity contribution is 6.33. The second kappa shape index (κ2) is 5.83. The Morgan fingerprint density at radius 3 is 2.91 bits per heavy atom. The largest absolute Gasteiger partial charge is 0.488 e. The van der Waals surface area contributed by atoms with Crippen LogP contribution in [0.1, 0.15) is 19.8 Å². The van der Waals surface area contributed by atoms with Crippen molar-refractivity contribution in [3.05, 3.63) is 16.9 Å². The Labute approximate surface area is 138 Å². The van der Waals surface area contributed by atoms with Crippen LogP contribution in [0, 0.1) is 11.7 Å². The second-order valence-electron chi connectivity index (χ2n) is 6.23. The molecule has 1 atom stereocenters. The molecule has 0 spiro atoms. The fourth-order valence-corrected chi connectivity index (χ4v) is 3.87. The summed E-state index contributed by atoms with van der Waals surface area (Å²) in [6.07, 6.45) is 2.38. The molecule has 4 heterocycles. The van der Waals surface area contributed by atoms with Gasteiger partial charge in [-0.3, -0.25) is 0 Å². The molecule has 0 amide bonds. The summed E-state index contributed by atoms with van der Waals surface area (Å²) in [6, 6.07) is 1.68. The van der Waals surface area contributed by atoms with Crippen LogP contribution in [0.4, 0.5) is 10.2 Å². The standard InChI is InChI=1S/C16H19ClFN3O2/c1-2-22-15-13(17)11(18)7-10-14(15)23-20-16(10)19-12-8-21-5-3-9(12)4-6-21/h7,9,12H,2-6,8H2,1H3,(H,19,20)/t12-/m0/s1. The number of nitrogens with one attached hydrogen (secondary N) is 1. The van der Waals surface area contributed by atoms with Crippen LogP contribution >= 0.6 is 11.6 Å². The number of benzene rings is 1. The zero-order valence-corrected chi connectivity index (χ0v) is 13.7. The van der Waals surface area contributed by atoms with Gasteiger partial charge in [0.15, 0.2) is 11.6 Å². The van der Waals surface area contributed by atoms with Crippen LogP contribution in [-0.2, 0) is 0 Å². The van der Waals surface area contributed by atoms with Crippen LogP contribution in [-0.4, -0.2) is 42.3 Å². The summed E-state index contributed by atoms with van der Waals surface area (Å²) in [5, 5.41) is 8.04. The van der Waals surface area contributed by atoms with E-state index in [-0.39, 0.29) is 10.8 Å². The third-order valence-corrected chi connectivity index (χ3v) is 5.23. The maximum absolute atomic E-state index is 14.1. The molecule has 1 N–H and O–H groups in total. The predicted octanol–water partition coefficient (Wildman–Crippen LogP) is 3.53. The minimum atomic E-state index is -0.525. The molecule has 3 saturated heterocycles. The fraction of sp³-hybridized carbons (Fsp3) is 0.562. The lowest BCUT2D eigenvalue weighted by Crippen LogP contribution is -2.53. The van der Waals surface area contributed by atoms with Gasteiger partial charge in [-0.05, 0) is 44.8 Å². The Morgan fingerprint density at radius 1 is 1.48 bits per heavy atom. The van der Waals surface area contributed by atoms with Crippen molar-refractivity contribution < 1.29 is 13.7 Å². The van der Waals surface area contributed by atoms with E-state index in [0.29, 0.717) is 35.4 Å². The maximum atomic E-state index is 14.1. The van der Waals surface area contributed by atoms with E-state index in [2.05, 4.69) is 15.4 Å². The Balaban J connectivity index is 1.68. The van der Waals surface area contributed by atoms with Gasteiger partial charge in [0, 0.05) is 12.6 Å². The highest BCUT2D eigenvalue weighted by Crippen LogP contribution is 2.39. The molecular weight excluding hydrogens is 321 g/mol. The summed E-state index contributed by atoms with van der Waals surface area (Å²) in [7, 11) is 0. The fourth-order valence-electron chi connectivity index (χ4n) is 3.67. The van der Waals surface area contributed by atoms with Gasteiger partial charge in [-0.15, -0.1) is 0 Å². The molecule has 3 fully saturated rings. The zero-order chi connectivity index (χ0) is 16.0. The van der Waals surface area contributed by atoms with Gasteiger partial charge in [0.25, 0.3) is 0 Å². The average Bonchev–Trinajstić information content (AvgIpc) is 2.95. The number of piperidine rings is 3. The molecule has 1 aromatic carbocycles. The van der Waals surface area contributed by atoms with E-state index in [9.17, 15) is 4.39 Å². The molecule has 0 saturated carbocycles. The first-order chi connectivity index (χ1) is 11.2. The van der Waals surface area contributed by atoms with E-state index in [1.807, 2.05) is 6.92 Å². The normalized spacial score (nSPS) is 26.7. The van der Waals surface area contributed by atoms with Crippen LogP contribution < -0.4 is 10.1 Å². The van der Waals surface area contributed by atoms with Crippen molar-refractivity contribution in [2.45, 2.75) is 25.8 Å². The third-order valence-electron chi connectivity index (χ3n) is 4.88. The van der Waals surface area contributed by atoms with Crippen molar-refractivity contribution in [1.82, 2.24) is 10.1 Å². The van der Waals surface area contributed by atoms with E-state index in [1.54, 1.807) is 0 Å². The van der Waals surface area contributed by atoms with Crippen LogP contribution in [0.2, 0.25) is 5.02 Å². The van der Waals surface area contributed by atoms with Gasteiger partial charge in [-0.2, -0.15) is 0 Å². The van der Waals surface area contributed by atoms with Crippen LogP contribution in [0.3, 0.4) is 0 Å². The van der Waals surface area contributed by atoms with Gasteiger partial charge < -0.3 is 19.5 Å². The zero-order valence-electron chi connectivity index (χ0n) is 12.9. The van der Waals surface area contributed by atoms with E-state index in [4.69, 9.17) is 20.9 Å². The topological polar surface area (TPSA) is 50.5 Å². The molecule has 3 aliphatic heterocycles. The summed E-state index contributed by atoms with van der Waals surface area (Å²) in [5.41, 5.74) is 0.391. The second-order valence-corrected chi connectivity index (χ2v) is 6.61. The Hall–Kier alpha value is -1.53. The number of ether oxygens (including phenoxy) is 1. The summed E-state index contributed by atoms with van der Waals surface area (Å²) in [5.74, 6) is 0.895. The van der Waals surface area contributed by atoms with Crippen molar-refractivity contribution in [3.8, 4) is 5.75 Å². The molecule has 0 unspecified atom stereocenters. The quantitative estimate of drug-likeness (QED) is 0.923. The predicted molar refractivity (Wildman–Crippen MR) is 86.7 cm³/mol. The molecule has 1 aromatic heterocycles. The number of hydrogen-bond acceptors (Lipinski definition) is 5.